The van der Waals surface area contributed by atoms with Crippen LogP contribution < -0.4 is 4.74 Å². The van der Waals surface area contributed by atoms with Crippen molar-refractivity contribution in [1.82, 2.24) is 9.80 Å². The highest BCUT2D eigenvalue weighted by atomic mass is 35.5. The Morgan fingerprint density at radius 3 is 2.39 bits per heavy atom. The predicted molar refractivity (Wildman–Crippen MR) is 131 cm³/mol. The number of benzene rings is 2. The standard InChI is InChI=1S/C25H28Cl2N2O4/c1-14(2)33-20-9-7-17(12-15(20)3)23(30)21-22(16-6-8-18(26)19(27)13-16)29(11-10-28(4)5)25(32)24(21)31/h6-9,12-14,22,30H,10-11H2,1-5H3/b23-21+. The third-order valence-electron chi connectivity index (χ3n) is 5.40. The van der Waals surface area contributed by atoms with Crippen LogP contribution in [0.2, 0.25) is 10.0 Å². The lowest BCUT2D eigenvalue weighted by atomic mass is 9.94. The Bertz CT molecular complexity index is 1110. The Balaban J connectivity index is 2.14. The maximum absolute atomic E-state index is 13.1. The molecule has 1 amide bonds. The van der Waals surface area contributed by atoms with E-state index in [0.717, 1.165) is 5.56 Å². The molecule has 1 fully saturated rings. The van der Waals surface area contributed by atoms with Gasteiger partial charge in [0.1, 0.15) is 11.5 Å². The van der Waals surface area contributed by atoms with E-state index in [0.29, 0.717) is 40.0 Å². The van der Waals surface area contributed by atoms with Gasteiger partial charge < -0.3 is 19.6 Å². The number of Topliss-reactive ketones (excluding diaryl/α,β-unsaturated/α-hetero) is 1. The van der Waals surface area contributed by atoms with Crippen molar-refractivity contribution in [1.29, 1.82) is 0 Å². The van der Waals surface area contributed by atoms with Gasteiger partial charge in [-0.1, -0.05) is 29.3 Å². The van der Waals surface area contributed by atoms with E-state index < -0.39 is 17.7 Å². The maximum atomic E-state index is 13.1. The summed E-state index contributed by atoms with van der Waals surface area (Å²) in [5.74, 6) is -0.946. The van der Waals surface area contributed by atoms with Crippen LogP contribution in [0.15, 0.2) is 42.0 Å². The van der Waals surface area contributed by atoms with Crippen LogP contribution in [0.4, 0.5) is 0 Å². The number of ketones is 1. The first-order valence-corrected chi connectivity index (χ1v) is 11.4. The molecule has 2 aromatic carbocycles. The van der Waals surface area contributed by atoms with E-state index in [2.05, 4.69) is 0 Å². The number of aliphatic hydroxyl groups is 1. The minimum Gasteiger partial charge on any atom is -0.507 e. The van der Waals surface area contributed by atoms with Crippen molar-refractivity contribution in [2.75, 3.05) is 27.2 Å². The molecule has 33 heavy (non-hydrogen) atoms. The van der Waals surface area contributed by atoms with Crippen LogP contribution in [0.3, 0.4) is 0 Å². The third-order valence-corrected chi connectivity index (χ3v) is 6.14. The smallest absolute Gasteiger partial charge is 0.295 e. The summed E-state index contributed by atoms with van der Waals surface area (Å²) in [4.78, 5) is 29.5. The van der Waals surface area contributed by atoms with Crippen LogP contribution in [0.5, 0.6) is 5.75 Å². The van der Waals surface area contributed by atoms with Gasteiger partial charge in [-0.05, 0) is 76.3 Å². The minimum absolute atomic E-state index is 0.000165. The highest BCUT2D eigenvalue weighted by molar-refractivity contribution is 6.46. The number of hydrogen-bond donors (Lipinski definition) is 1. The summed E-state index contributed by atoms with van der Waals surface area (Å²) < 4.78 is 5.77. The van der Waals surface area contributed by atoms with Gasteiger partial charge in [-0.25, -0.2) is 0 Å². The Morgan fingerprint density at radius 2 is 1.82 bits per heavy atom. The summed E-state index contributed by atoms with van der Waals surface area (Å²) in [6, 6.07) is 9.35. The van der Waals surface area contributed by atoms with E-state index in [9.17, 15) is 14.7 Å². The maximum Gasteiger partial charge on any atom is 0.295 e. The Kier molecular flexibility index (Phi) is 7.73. The molecule has 1 atom stereocenters. The number of hydrogen-bond acceptors (Lipinski definition) is 5. The molecule has 0 saturated carbocycles. The van der Waals surface area contributed by atoms with Crippen LogP contribution >= 0.6 is 23.2 Å². The lowest BCUT2D eigenvalue weighted by molar-refractivity contribution is -0.140. The Labute approximate surface area is 204 Å². The van der Waals surface area contributed by atoms with Crippen molar-refractivity contribution in [3.05, 3.63) is 68.7 Å². The number of amides is 1. The van der Waals surface area contributed by atoms with E-state index in [1.807, 2.05) is 39.8 Å². The fourth-order valence-corrected chi connectivity index (χ4v) is 4.09. The molecule has 3 rings (SSSR count). The van der Waals surface area contributed by atoms with Crippen molar-refractivity contribution >= 4 is 40.7 Å². The van der Waals surface area contributed by atoms with Crippen LogP contribution in [0.25, 0.3) is 5.76 Å². The summed E-state index contributed by atoms with van der Waals surface area (Å²) in [6.45, 7) is 6.57. The predicted octanol–water partition coefficient (Wildman–Crippen LogP) is 5.07. The number of carbonyl (C=O) groups excluding carboxylic acids is 2. The first-order chi connectivity index (χ1) is 15.5. The van der Waals surface area contributed by atoms with Crippen LogP contribution in [-0.2, 0) is 9.59 Å². The average molecular weight is 491 g/mol. The number of likely N-dealkylation sites (tertiary alicyclic amines) is 1. The summed E-state index contributed by atoms with van der Waals surface area (Å²) in [5.41, 5.74) is 1.86. The zero-order chi connectivity index (χ0) is 24.4. The van der Waals surface area contributed by atoms with Crippen LogP contribution in [0, 0.1) is 6.92 Å². The van der Waals surface area contributed by atoms with Gasteiger partial charge in [-0.3, -0.25) is 9.59 Å². The molecule has 1 unspecified atom stereocenters. The molecule has 8 heteroatoms. The van der Waals surface area contributed by atoms with Crippen molar-refractivity contribution in [3.8, 4) is 5.75 Å². The highest BCUT2D eigenvalue weighted by Crippen LogP contribution is 2.41. The summed E-state index contributed by atoms with van der Waals surface area (Å²) in [6.07, 6.45) is -0.000165. The number of likely N-dealkylation sites (N-methyl/N-ethyl adjacent to an activating group) is 1. The van der Waals surface area contributed by atoms with Gasteiger partial charge in [-0.2, -0.15) is 0 Å². The summed E-state index contributed by atoms with van der Waals surface area (Å²) in [7, 11) is 3.77. The number of rotatable bonds is 7. The van der Waals surface area contributed by atoms with E-state index in [4.69, 9.17) is 27.9 Å². The molecule has 0 aromatic heterocycles. The van der Waals surface area contributed by atoms with Crippen molar-refractivity contribution in [2.24, 2.45) is 0 Å². The van der Waals surface area contributed by atoms with E-state index in [1.54, 1.807) is 36.4 Å². The number of aliphatic hydroxyl groups excluding tert-OH is 1. The zero-order valence-electron chi connectivity index (χ0n) is 19.4. The summed E-state index contributed by atoms with van der Waals surface area (Å²) >= 11 is 12.3. The van der Waals surface area contributed by atoms with Gasteiger partial charge in [0.15, 0.2) is 0 Å². The van der Waals surface area contributed by atoms with Gasteiger partial charge in [0.2, 0.25) is 0 Å². The molecule has 0 spiro atoms. The van der Waals surface area contributed by atoms with Crippen LogP contribution in [-0.4, -0.2) is 59.9 Å². The van der Waals surface area contributed by atoms with Gasteiger partial charge in [0.05, 0.1) is 27.8 Å². The molecule has 1 N–H and O–H groups in total. The second-order valence-electron chi connectivity index (χ2n) is 8.62. The van der Waals surface area contributed by atoms with Gasteiger partial charge in [0, 0.05) is 18.7 Å². The normalized spacial score (nSPS) is 18.0. The lowest BCUT2D eigenvalue weighted by Crippen LogP contribution is -2.35. The van der Waals surface area contributed by atoms with Gasteiger partial charge in [-0.15, -0.1) is 0 Å². The monoisotopic (exact) mass is 490 g/mol. The van der Waals surface area contributed by atoms with Crippen LogP contribution in [0.1, 0.15) is 36.6 Å². The fourth-order valence-electron chi connectivity index (χ4n) is 3.79. The van der Waals surface area contributed by atoms with E-state index in [-0.39, 0.29) is 17.4 Å². The van der Waals surface area contributed by atoms with E-state index in [1.165, 1.54) is 4.90 Å². The number of carbonyl (C=O) groups is 2. The molecule has 1 heterocycles. The topological polar surface area (TPSA) is 70.1 Å². The minimum atomic E-state index is -0.786. The number of nitrogens with zero attached hydrogens (tertiary/aromatic N) is 2. The van der Waals surface area contributed by atoms with Crippen molar-refractivity contribution in [3.63, 3.8) is 0 Å². The molecular weight excluding hydrogens is 463 g/mol. The second kappa shape index (κ2) is 10.2. The Hall–Kier alpha value is -2.54. The number of aryl methyl sites for hydroxylation is 1. The highest BCUT2D eigenvalue weighted by Gasteiger charge is 2.46. The third kappa shape index (κ3) is 5.35. The zero-order valence-corrected chi connectivity index (χ0v) is 20.9. The fraction of sp³-hybridized carbons (Fsp3) is 0.360. The van der Waals surface area contributed by atoms with Gasteiger partial charge in [0.25, 0.3) is 11.7 Å². The summed E-state index contributed by atoms with van der Waals surface area (Å²) in [5, 5.41) is 11.9. The van der Waals surface area contributed by atoms with Crippen molar-refractivity contribution in [2.45, 2.75) is 32.9 Å². The number of ether oxygens (including phenoxy) is 1. The molecular formula is C25H28Cl2N2O4. The quantitative estimate of drug-likeness (QED) is 0.333. The molecule has 0 radical (unpaired) electrons. The molecule has 6 nitrogen and oxygen atoms in total. The molecule has 176 valence electrons. The lowest BCUT2D eigenvalue weighted by Gasteiger charge is -2.27. The molecule has 1 saturated heterocycles. The van der Waals surface area contributed by atoms with E-state index >= 15 is 0 Å². The first-order valence-electron chi connectivity index (χ1n) is 10.7. The second-order valence-corrected chi connectivity index (χ2v) is 9.43. The molecule has 2 aromatic rings. The largest absolute Gasteiger partial charge is 0.507 e. The molecule has 1 aliphatic heterocycles. The Morgan fingerprint density at radius 1 is 1.12 bits per heavy atom. The average Bonchev–Trinajstić information content (AvgIpc) is 2.99. The molecule has 0 bridgehead atoms. The SMILES string of the molecule is Cc1cc(/C(O)=C2\C(=O)C(=O)N(CCN(C)C)C2c2ccc(Cl)c(Cl)c2)ccc1OC(C)C. The number of halogens is 2. The first kappa shape index (κ1) is 25.1. The molecule has 0 aliphatic carbocycles. The molecule has 1 aliphatic rings. The van der Waals surface area contributed by atoms with Gasteiger partial charge >= 0.3 is 0 Å². The van der Waals surface area contributed by atoms with Crippen molar-refractivity contribution < 1.29 is 19.4 Å².